The largest absolute Gasteiger partial charge is 0.329 e. The Morgan fingerprint density at radius 3 is 2.50 bits per heavy atom. The fourth-order valence-electron chi connectivity index (χ4n) is 2.57. The zero-order valence-corrected chi connectivity index (χ0v) is 13.5. The van der Waals surface area contributed by atoms with Crippen LogP contribution in [0.1, 0.15) is 34.0 Å². The lowest BCUT2D eigenvalue weighted by Gasteiger charge is -2.28. The number of hydrogen-bond donors (Lipinski definition) is 1. The molecular formula is C16H23N3S. The second kappa shape index (κ2) is 6.48. The average Bonchev–Trinajstić information content (AvgIpc) is 2.89. The van der Waals surface area contributed by atoms with E-state index in [9.17, 15) is 0 Å². The van der Waals surface area contributed by atoms with E-state index in [2.05, 4.69) is 55.2 Å². The third kappa shape index (κ3) is 3.26. The Bertz CT molecular complexity index is 563. The zero-order valence-electron chi connectivity index (χ0n) is 12.7. The highest BCUT2D eigenvalue weighted by Gasteiger charge is 2.18. The monoisotopic (exact) mass is 289 g/mol. The highest BCUT2D eigenvalue weighted by Crippen LogP contribution is 2.26. The molecule has 0 bridgehead atoms. The summed E-state index contributed by atoms with van der Waals surface area (Å²) in [6.45, 7) is 7.93. The maximum absolute atomic E-state index is 6.03. The predicted molar refractivity (Wildman–Crippen MR) is 86.0 cm³/mol. The molecule has 108 valence electrons. The smallest absolute Gasteiger partial charge is 0.0795 e. The third-order valence-corrected chi connectivity index (χ3v) is 4.53. The fraction of sp³-hybridized carbons (Fsp3) is 0.438. The van der Waals surface area contributed by atoms with Crippen LogP contribution in [-0.2, 0) is 6.54 Å². The molecule has 0 aliphatic rings. The van der Waals surface area contributed by atoms with Gasteiger partial charge in [-0.25, -0.2) is 4.98 Å². The molecule has 0 aliphatic heterocycles. The van der Waals surface area contributed by atoms with Crippen molar-refractivity contribution < 1.29 is 0 Å². The van der Waals surface area contributed by atoms with E-state index in [4.69, 9.17) is 5.73 Å². The lowest BCUT2D eigenvalue weighted by atomic mass is 9.95. The van der Waals surface area contributed by atoms with Crippen molar-refractivity contribution >= 4 is 11.3 Å². The average molecular weight is 289 g/mol. The van der Waals surface area contributed by atoms with Gasteiger partial charge in [0.05, 0.1) is 11.2 Å². The third-order valence-electron chi connectivity index (χ3n) is 3.89. The number of aromatic nitrogens is 1. The number of hydrogen-bond acceptors (Lipinski definition) is 4. The van der Waals surface area contributed by atoms with Gasteiger partial charge in [0, 0.05) is 24.5 Å². The minimum Gasteiger partial charge on any atom is -0.329 e. The summed E-state index contributed by atoms with van der Waals surface area (Å²) in [5.41, 5.74) is 14.3. The van der Waals surface area contributed by atoms with Gasteiger partial charge in [-0.05, 0) is 50.1 Å². The summed E-state index contributed by atoms with van der Waals surface area (Å²) in [7, 11) is 2.12. The van der Waals surface area contributed by atoms with Gasteiger partial charge < -0.3 is 5.73 Å². The molecule has 0 amide bonds. The molecule has 1 unspecified atom stereocenters. The van der Waals surface area contributed by atoms with Crippen molar-refractivity contribution in [3.05, 3.63) is 51.0 Å². The van der Waals surface area contributed by atoms with Gasteiger partial charge >= 0.3 is 0 Å². The first-order valence-corrected chi connectivity index (χ1v) is 7.82. The predicted octanol–water partition coefficient (Wildman–Crippen LogP) is 3.20. The molecule has 0 radical (unpaired) electrons. The van der Waals surface area contributed by atoms with Gasteiger partial charge in [0.25, 0.3) is 0 Å². The Labute approximate surface area is 125 Å². The second-order valence-corrected chi connectivity index (χ2v) is 6.16. The highest BCUT2D eigenvalue weighted by atomic mass is 32.1. The number of aryl methyl sites for hydroxylation is 3. The normalized spacial score (nSPS) is 12.9. The molecule has 0 spiro atoms. The van der Waals surface area contributed by atoms with Crippen molar-refractivity contribution in [3.63, 3.8) is 0 Å². The lowest BCUT2D eigenvalue weighted by molar-refractivity contribution is 0.238. The van der Waals surface area contributed by atoms with Crippen molar-refractivity contribution in [3.8, 4) is 0 Å². The molecule has 1 aromatic carbocycles. The summed E-state index contributed by atoms with van der Waals surface area (Å²) in [5, 5.41) is 2.09. The van der Waals surface area contributed by atoms with Crippen LogP contribution in [0.15, 0.2) is 23.0 Å². The van der Waals surface area contributed by atoms with Crippen LogP contribution in [-0.4, -0.2) is 23.5 Å². The van der Waals surface area contributed by atoms with E-state index in [1.807, 2.05) is 5.51 Å². The SMILES string of the molecule is Cc1cc(C)c(C(CN)N(C)Cc2cscn2)cc1C. The number of nitrogens with two attached hydrogens (primary N) is 1. The van der Waals surface area contributed by atoms with E-state index in [0.717, 1.165) is 12.2 Å². The fourth-order valence-corrected chi connectivity index (χ4v) is 3.12. The van der Waals surface area contributed by atoms with Gasteiger partial charge in [0.1, 0.15) is 0 Å². The van der Waals surface area contributed by atoms with Gasteiger partial charge in [0.15, 0.2) is 0 Å². The number of benzene rings is 1. The minimum atomic E-state index is 0.232. The molecule has 1 aromatic heterocycles. The molecule has 0 saturated carbocycles. The van der Waals surface area contributed by atoms with Crippen LogP contribution in [0.2, 0.25) is 0 Å². The Kier molecular flexibility index (Phi) is 4.91. The molecule has 1 atom stereocenters. The molecule has 4 heteroatoms. The van der Waals surface area contributed by atoms with Crippen molar-refractivity contribution in [1.29, 1.82) is 0 Å². The second-order valence-electron chi connectivity index (χ2n) is 5.44. The van der Waals surface area contributed by atoms with Gasteiger partial charge in [-0.2, -0.15) is 0 Å². The Hall–Kier alpha value is -1.23. The first-order valence-electron chi connectivity index (χ1n) is 6.88. The quantitative estimate of drug-likeness (QED) is 0.919. The van der Waals surface area contributed by atoms with Crippen molar-refractivity contribution in [2.24, 2.45) is 5.73 Å². The molecule has 0 aliphatic carbocycles. The molecule has 3 nitrogen and oxygen atoms in total. The Morgan fingerprint density at radius 1 is 1.20 bits per heavy atom. The number of thiazole rings is 1. The summed E-state index contributed by atoms with van der Waals surface area (Å²) >= 11 is 1.64. The summed E-state index contributed by atoms with van der Waals surface area (Å²) in [6, 6.07) is 4.76. The maximum Gasteiger partial charge on any atom is 0.0795 e. The van der Waals surface area contributed by atoms with E-state index in [-0.39, 0.29) is 6.04 Å². The van der Waals surface area contributed by atoms with Crippen molar-refractivity contribution in [2.75, 3.05) is 13.6 Å². The topological polar surface area (TPSA) is 42.1 Å². The van der Waals surface area contributed by atoms with Crippen LogP contribution in [0.4, 0.5) is 0 Å². The first-order chi connectivity index (χ1) is 9.52. The van der Waals surface area contributed by atoms with E-state index in [0.29, 0.717) is 6.54 Å². The van der Waals surface area contributed by atoms with E-state index in [1.54, 1.807) is 11.3 Å². The maximum atomic E-state index is 6.03. The molecule has 20 heavy (non-hydrogen) atoms. The lowest BCUT2D eigenvalue weighted by Crippen LogP contribution is -2.31. The molecular weight excluding hydrogens is 266 g/mol. The van der Waals surface area contributed by atoms with Crippen molar-refractivity contribution in [2.45, 2.75) is 33.4 Å². The summed E-state index contributed by atoms with van der Waals surface area (Å²) in [5.74, 6) is 0. The van der Waals surface area contributed by atoms with Crippen LogP contribution >= 0.6 is 11.3 Å². The van der Waals surface area contributed by atoms with Crippen LogP contribution in [0.5, 0.6) is 0 Å². The molecule has 2 rings (SSSR count). The van der Waals surface area contributed by atoms with Crippen LogP contribution in [0.3, 0.4) is 0 Å². The standard InChI is InChI=1S/C16H23N3S/c1-11-5-13(3)15(6-12(11)2)16(7-17)19(4)8-14-9-20-10-18-14/h5-6,9-10,16H,7-8,17H2,1-4H3. The number of likely N-dealkylation sites (N-methyl/N-ethyl adjacent to an activating group) is 1. The Balaban J connectivity index is 2.25. The highest BCUT2D eigenvalue weighted by molar-refractivity contribution is 7.07. The van der Waals surface area contributed by atoms with E-state index < -0.39 is 0 Å². The molecule has 0 saturated heterocycles. The van der Waals surface area contributed by atoms with E-state index >= 15 is 0 Å². The number of nitrogens with zero attached hydrogens (tertiary/aromatic N) is 2. The first kappa shape index (κ1) is 15.2. The summed E-state index contributed by atoms with van der Waals surface area (Å²) in [4.78, 5) is 6.64. The van der Waals surface area contributed by atoms with Crippen molar-refractivity contribution in [1.82, 2.24) is 9.88 Å². The summed E-state index contributed by atoms with van der Waals surface area (Å²) in [6.07, 6.45) is 0. The molecule has 1 heterocycles. The molecule has 2 aromatic rings. The Morgan fingerprint density at radius 2 is 1.90 bits per heavy atom. The van der Waals surface area contributed by atoms with Crippen LogP contribution in [0.25, 0.3) is 0 Å². The molecule has 2 N–H and O–H groups in total. The van der Waals surface area contributed by atoms with Gasteiger partial charge in [-0.3, -0.25) is 4.90 Å². The van der Waals surface area contributed by atoms with Crippen LogP contribution < -0.4 is 5.73 Å². The van der Waals surface area contributed by atoms with Crippen LogP contribution in [0, 0.1) is 20.8 Å². The van der Waals surface area contributed by atoms with Gasteiger partial charge in [-0.15, -0.1) is 11.3 Å². The zero-order chi connectivity index (χ0) is 14.7. The minimum absolute atomic E-state index is 0.232. The van der Waals surface area contributed by atoms with Gasteiger partial charge in [0.2, 0.25) is 0 Å². The summed E-state index contributed by atoms with van der Waals surface area (Å²) < 4.78 is 0. The van der Waals surface area contributed by atoms with E-state index in [1.165, 1.54) is 22.3 Å². The molecule has 0 fully saturated rings. The number of rotatable bonds is 5. The van der Waals surface area contributed by atoms with Gasteiger partial charge in [-0.1, -0.05) is 12.1 Å².